The lowest BCUT2D eigenvalue weighted by Gasteiger charge is -2.15. The number of aryl methyl sites for hydroxylation is 4. The quantitative estimate of drug-likeness (QED) is 0.707. The van der Waals surface area contributed by atoms with Gasteiger partial charge in [-0.25, -0.2) is 4.79 Å². The van der Waals surface area contributed by atoms with Crippen LogP contribution in [0.4, 0.5) is 4.79 Å². The van der Waals surface area contributed by atoms with E-state index < -0.39 is 0 Å². The second-order valence-electron chi connectivity index (χ2n) is 5.60. The van der Waals surface area contributed by atoms with Crippen LogP contribution in [0.3, 0.4) is 0 Å². The molecule has 0 atom stereocenters. The number of thioether (sulfide) groups is 1. The van der Waals surface area contributed by atoms with Crippen LogP contribution >= 0.6 is 11.8 Å². The van der Waals surface area contributed by atoms with Crippen molar-refractivity contribution in [1.82, 2.24) is 0 Å². The lowest BCUT2D eigenvalue weighted by molar-refractivity contribution is 0.225. The minimum Gasteiger partial charge on any atom is -0.488 e. The second-order valence-corrected chi connectivity index (χ2v) is 6.34. The smallest absolute Gasteiger partial charge is 0.372 e. The molecule has 0 bridgehead atoms. The van der Waals surface area contributed by atoms with E-state index in [1.54, 1.807) is 12.3 Å². The van der Waals surface area contributed by atoms with E-state index >= 15 is 0 Å². The van der Waals surface area contributed by atoms with Gasteiger partial charge in [-0.05, 0) is 80.1 Å². The summed E-state index contributed by atoms with van der Waals surface area (Å²) in [6.07, 6.45) is 1.70. The number of hydrogen-bond acceptors (Lipinski definition) is 4. The van der Waals surface area contributed by atoms with Crippen molar-refractivity contribution < 1.29 is 14.3 Å². The largest absolute Gasteiger partial charge is 0.488 e. The summed E-state index contributed by atoms with van der Waals surface area (Å²) in [5.41, 5.74) is 5.49. The number of ether oxygens (including phenoxy) is 2. The monoisotopic (exact) mass is 330 g/mol. The summed E-state index contributed by atoms with van der Waals surface area (Å²) in [6.45, 7) is 8.55. The third-order valence-electron chi connectivity index (χ3n) is 3.89. The summed E-state index contributed by atoms with van der Waals surface area (Å²) in [4.78, 5) is 11.6. The highest BCUT2D eigenvalue weighted by molar-refractivity contribution is 8.12. The molecule has 2 aromatic carbocycles. The van der Waals surface area contributed by atoms with Crippen LogP contribution in [0.25, 0.3) is 0 Å². The molecule has 0 fully saturated rings. The summed E-state index contributed by atoms with van der Waals surface area (Å²) >= 11 is 1.05. The first kappa shape index (κ1) is 17.4. The Morgan fingerprint density at radius 3 is 2.35 bits per heavy atom. The molecule has 23 heavy (non-hydrogen) atoms. The number of hydrogen-bond donors (Lipinski definition) is 0. The topological polar surface area (TPSA) is 35.5 Å². The molecule has 0 heterocycles. The molecular formula is C19H22O3S. The zero-order chi connectivity index (χ0) is 17.0. The minimum absolute atomic E-state index is 0.320. The van der Waals surface area contributed by atoms with Gasteiger partial charge in [-0.2, -0.15) is 0 Å². The van der Waals surface area contributed by atoms with E-state index in [0.717, 1.165) is 34.2 Å². The van der Waals surface area contributed by atoms with E-state index in [1.165, 1.54) is 11.1 Å². The molecule has 4 heteroatoms. The van der Waals surface area contributed by atoms with Gasteiger partial charge in [0.15, 0.2) is 0 Å². The molecule has 0 aliphatic rings. The third kappa shape index (κ3) is 4.29. The second kappa shape index (κ2) is 7.55. The first-order chi connectivity index (χ1) is 10.9. The molecule has 0 aromatic heterocycles. The van der Waals surface area contributed by atoms with Crippen molar-refractivity contribution >= 4 is 17.1 Å². The van der Waals surface area contributed by atoms with E-state index in [4.69, 9.17) is 9.47 Å². The first-order valence-electron chi connectivity index (χ1n) is 7.47. The van der Waals surface area contributed by atoms with Crippen LogP contribution < -0.4 is 9.47 Å². The maximum Gasteiger partial charge on any atom is 0.372 e. The van der Waals surface area contributed by atoms with Gasteiger partial charge in [0.25, 0.3) is 0 Å². The molecule has 2 aromatic rings. The Labute approximate surface area is 142 Å². The van der Waals surface area contributed by atoms with E-state index in [2.05, 4.69) is 26.0 Å². The summed E-state index contributed by atoms with van der Waals surface area (Å²) < 4.78 is 11.4. The predicted molar refractivity (Wildman–Crippen MR) is 95.7 cm³/mol. The lowest BCUT2D eigenvalue weighted by Crippen LogP contribution is -2.06. The Bertz CT molecular complexity index is 723. The fourth-order valence-electron chi connectivity index (χ4n) is 2.33. The van der Waals surface area contributed by atoms with Gasteiger partial charge in [0, 0.05) is 5.56 Å². The molecule has 0 saturated carbocycles. The lowest BCUT2D eigenvalue weighted by atomic mass is 10.1. The van der Waals surface area contributed by atoms with Crippen LogP contribution in [0.1, 0.15) is 27.8 Å². The average Bonchev–Trinajstić information content (AvgIpc) is 2.51. The molecule has 3 nitrogen and oxygen atoms in total. The SMILES string of the molecule is CSC(=O)Oc1cccc(C)c1COc1cc(C)c(C)cc1C. The summed E-state index contributed by atoms with van der Waals surface area (Å²) in [7, 11) is 0. The van der Waals surface area contributed by atoms with Crippen molar-refractivity contribution in [3.63, 3.8) is 0 Å². The normalized spacial score (nSPS) is 10.5. The number of carbonyl (C=O) groups excluding carboxylic acids is 1. The molecule has 0 aliphatic heterocycles. The number of benzene rings is 2. The van der Waals surface area contributed by atoms with Gasteiger partial charge in [-0.1, -0.05) is 18.2 Å². The highest BCUT2D eigenvalue weighted by atomic mass is 32.2. The molecule has 122 valence electrons. The summed E-state index contributed by atoms with van der Waals surface area (Å²) in [5, 5.41) is -0.320. The van der Waals surface area contributed by atoms with Gasteiger partial charge < -0.3 is 9.47 Å². The summed E-state index contributed by atoms with van der Waals surface area (Å²) in [5.74, 6) is 1.42. The Hall–Kier alpha value is -1.94. The highest BCUT2D eigenvalue weighted by Crippen LogP contribution is 2.28. The minimum atomic E-state index is -0.320. The maximum atomic E-state index is 11.6. The Balaban J connectivity index is 2.23. The van der Waals surface area contributed by atoms with E-state index in [1.807, 2.05) is 26.0 Å². The van der Waals surface area contributed by atoms with Gasteiger partial charge in [-0.15, -0.1) is 0 Å². The zero-order valence-corrected chi connectivity index (χ0v) is 15.0. The molecule has 0 amide bonds. The van der Waals surface area contributed by atoms with Crippen LogP contribution in [0.15, 0.2) is 30.3 Å². The molecule has 0 N–H and O–H groups in total. The van der Waals surface area contributed by atoms with Gasteiger partial charge >= 0.3 is 5.30 Å². The van der Waals surface area contributed by atoms with Gasteiger partial charge in [0.1, 0.15) is 18.1 Å². The summed E-state index contributed by atoms with van der Waals surface area (Å²) in [6, 6.07) is 9.84. The van der Waals surface area contributed by atoms with Crippen molar-refractivity contribution in [1.29, 1.82) is 0 Å². The van der Waals surface area contributed by atoms with Crippen LogP contribution in [-0.4, -0.2) is 11.6 Å². The van der Waals surface area contributed by atoms with Gasteiger partial charge in [0.2, 0.25) is 0 Å². The molecule has 0 radical (unpaired) electrons. The van der Waals surface area contributed by atoms with Crippen molar-refractivity contribution in [3.05, 3.63) is 58.1 Å². The highest BCUT2D eigenvalue weighted by Gasteiger charge is 2.12. The molecule has 2 rings (SSSR count). The van der Waals surface area contributed by atoms with E-state index in [0.29, 0.717) is 12.4 Å². The predicted octanol–water partition coefficient (Wildman–Crippen LogP) is 5.36. The standard InChI is InChI=1S/C19H22O3S/c1-12-7-6-8-17(22-19(20)23-5)16(12)11-21-18-10-14(3)13(2)9-15(18)4/h6-10H,11H2,1-5H3. The van der Waals surface area contributed by atoms with Crippen LogP contribution in [0.5, 0.6) is 11.5 Å². The number of carbonyl (C=O) groups is 1. The Morgan fingerprint density at radius 2 is 1.65 bits per heavy atom. The van der Waals surface area contributed by atoms with Crippen molar-refractivity contribution in [2.45, 2.75) is 34.3 Å². The zero-order valence-electron chi connectivity index (χ0n) is 14.2. The fourth-order valence-corrected chi connectivity index (χ4v) is 2.50. The van der Waals surface area contributed by atoms with E-state index in [-0.39, 0.29) is 5.30 Å². The average molecular weight is 330 g/mol. The van der Waals surface area contributed by atoms with Crippen LogP contribution in [0, 0.1) is 27.7 Å². The Kier molecular flexibility index (Phi) is 5.72. The van der Waals surface area contributed by atoms with Gasteiger partial charge in [-0.3, -0.25) is 0 Å². The van der Waals surface area contributed by atoms with Crippen LogP contribution in [0.2, 0.25) is 0 Å². The van der Waals surface area contributed by atoms with Gasteiger partial charge in [0.05, 0.1) is 0 Å². The third-order valence-corrected chi connectivity index (χ3v) is 4.31. The van der Waals surface area contributed by atoms with Crippen LogP contribution in [-0.2, 0) is 6.61 Å². The molecule has 0 spiro atoms. The van der Waals surface area contributed by atoms with Crippen molar-refractivity contribution in [2.75, 3.05) is 6.26 Å². The fraction of sp³-hybridized carbons (Fsp3) is 0.316. The molecule has 0 unspecified atom stereocenters. The Morgan fingerprint density at radius 1 is 0.957 bits per heavy atom. The molecular weight excluding hydrogens is 308 g/mol. The molecule has 0 aliphatic carbocycles. The van der Waals surface area contributed by atoms with Crippen molar-refractivity contribution in [3.8, 4) is 11.5 Å². The van der Waals surface area contributed by atoms with Crippen molar-refractivity contribution in [2.24, 2.45) is 0 Å². The van der Waals surface area contributed by atoms with E-state index in [9.17, 15) is 4.79 Å². The maximum absolute atomic E-state index is 11.6. The number of rotatable bonds is 4. The molecule has 0 saturated heterocycles. The first-order valence-corrected chi connectivity index (χ1v) is 8.69.